The number of carbonyl (C=O) groups is 1. The lowest BCUT2D eigenvalue weighted by Gasteiger charge is -2.17. The number of fused-ring (bicyclic) bond motifs is 3. The molecule has 0 aromatic carbocycles. The summed E-state index contributed by atoms with van der Waals surface area (Å²) in [6.45, 7) is 2.07. The summed E-state index contributed by atoms with van der Waals surface area (Å²) in [7, 11) is 0. The van der Waals surface area contributed by atoms with Gasteiger partial charge in [-0.05, 0) is 43.9 Å². The molecule has 5 nitrogen and oxygen atoms in total. The van der Waals surface area contributed by atoms with E-state index in [0.29, 0.717) is 17.4 Å². The van der Waals surface area contributed by atoms with Gasteiger partial charge in [0.05, 0.1) is 5.39 Å². The van der Waals surface area contributed by atoms with Crippen LogP contribution in [0.4, 0.5) is 5.82 Å². The molecule has 7 heteroatoms. The van der Waals surface area contributed by atoms with Gasteiger partial charge in [-0.2, -0.15) is 0 Å². The number of hydrogen-bond acceptors (Lipinski definition) is 6. The molecular formula is C17H23N3O2S2. The van der Waals surface area contributed by atoms with Crippen LogP contribution in [0.3, 0.4) is 0 Å². The summed E-state index contributed by atoms with van der Waals surface area (Å²) in [4.78, 5) is 23.3. The monoisotopic (exact) mass is 365 g/mol. The third kappa shape index (κ3) is 3.52. The molecular weight excluding hydrogens is 342 g/mol. The molecule has 0 spiro atoms. The molecule has 0 aliphatic heterocycles. The number of nitrogens with one attached hydrogen (secondary N) is 1. The Kier molecular flexibility index (Phi) is 5.61. The first-order valence-electron chi connectivity index (χ1n) is 8.49. The molecule has 0 amide bonds. The van der Waals surface area contributed by atoms with E-state index >= 15 is 0 Å². The number of aryl methyl sites for hydroxylation is 2. The van der Waals surface area contributed by atoms with Gasteiger partial charge in [0.1, 0.15) is 16.7 Å². The van der Waals surface area contributed by atoms with Crippen molar-refractivity contribution < 1.29 is 9.90 Å². The molecule has 3 rings (SSSR count). The van der Waals surface area contributed by atoms with Crippen LogP contribution in [0.15, 0.2) is 5.16 Å². The number of thioether (sulfide) groups is 1. The number of nitrogens with zero attached hydrogens (tertiary/aromatic N) is 2. The first-order valence-corrected chi connectivity index (χ1v) is 10.5. The van der Waals surface area contributed by atoms with Crippen LogP contribution in [-0.4, -0.2) is 33.3 Å². The minimum Gasteiger partial charge on any atom is -0.480 e. The average Bonchev–Trinajstić information content (AvgIpc) is 2.96. The Morgan fingerprint density at radius 3 is 2.88 bits per heavy atom. The highest BCUT2D eigenvalue weighted by atomic mass is 32.2. The van der Waals surface area contributed by atoms with Gasteiger partial charge in [0.15, 0.2) is 5.16 Å². The van der Waals surface area contributed by atoms with Crippen molar-refractivity contribution in [2.24, 2.45) is 0 Å². The van der Waals surface area contributed by atoms with Gasteiger partial charge < -0.3 is 10.4 Å². The van der Waals surface area contributed by atoms with E-state index in [-0.39, 0.29) is 0 Å². The minimum atomic E-state index is -0.815. The van der Waals surface area contributed by atoms with E-state index in [1.165, 1.54) is 35.0 Å². The predicted molar refractivity (Wildman–Crippen MR) is 100 cm³/mol. The first kappa shape index (κ1) is 17.5. The molecule has 130 valence electrons. The largest absolute Gasteiger partial charge is 0.480 e. The third-order valence-electron chi connectivity index (χ3n) is 4.43. The number of thiophene rings is 1. The van der Waals surface area contributed by atoms with Gasteiger partial charge in [-0.3, -0.25) is 0 Å². The zero-order valence-electron chi connectivity index (χ0n) is 14.1. The molecule has 0 bridgehead atoms. The van der Waals surface area contributed by atoms with Crippen molar-refractivity contribution in [3.05, 3.63) is 10.4 Å². The molecule has 0 radical (unpaired) electrons. The highest BCUT2D eigenvalue weighted by Crippen LogP contribution is 2.39. The van der Waals surface area contributed by atoms with Gasteiger partial charge in [0.25, 0.3) is 0 Å². The van der Waals surface area contributed by atoms with E-state index < -0.39 is 12.0 Å². The average molecular weight is 366 g/mol. The maximum Gasteiger partial charge on any atom is 0.326 e. The number of aromatic nitrogens is 2. The Hall–Kier alpha value is -1.34. The van der Waals surface area contributed by atoms with Crippen LogP contribution >= 0.6 is 23.1 Å². The van der Waals surface area contributed by atoms with Crippen LogP contribution in [0.25, 0.3) is 10.2 Å². The quantitative estimate of drug-likeness (QED) is 0.561. The van der Waals surface area contributed by atoms with E-state index in [2.05, 4.69) is 22.2 Å². The summed E-state index contributed by atoms with van der Waals surface area (Å²) in [6.07, 6.45) is 8.97. The molecule has 2 aromatic rings. The molecule has 1 atom stereocenters. The van der Waals surface area contributed by atoms with Crippen molar-refractivity contribution in [3.63, 3.8) is 0 Å². The normalized spacial score (nSPS) is 15.2. The van der Waals surface area contributed by atoms with Crippen LogP contribution < -0.4 is 5.32 Å². The summed E-state index contributed by atoms with van der Waals surface area (Å²) in [5.74, 6) is -0.114. The topological polar surface area (TPSA) is 75.1 Å². The van der Waals surface area contributed by atoms with E-state index in [1.54, 1.807) is 11.3 Å². The lowest BCUT2D eigenvalue weighted by atomic mass is 9.97. The smallest absolute Gasteiger partial charge is 0.326 e. The number of aliphatic carboxylic acids is 1. The summed E-state index contributed by atoms with van der Waals surface area (Å²) >= 11 is 3.24. The minimum absolute atomic E-state index is 0.600. The lowest BCUT2D eigenvalue weighted by Crippen LogP contribution is -2.29. The van der Waals surface area contributed by atoms with Crippen LogP contribution in [-0.2, 0) is 17.6 Å². The second-order valence-corrected chi connectivity index (χ2v) is 7.98. The Morgan fingerprint density at radius 2 is 2.17 bits per heavy atom. The molecule has 0 fully saturated rings. The fourth-order valence-electron chi connectivity index (χ4n) is 3.16. The van der Waals surface area contributed by atoms with E-state index in [1.807, 2.05) is 6.26 Å². The Labute approximate surface area is 150 Å². The first-order chi connectivity index (χ1) is 11.6. The molecule has 2 N–H and O–H groups in total. The highest BCUT2D eigenvalue weighted by molar-refractivity contribution is 7.98. The second kappa shape index (κ2) is 7.70. The van der Waals surface area contributed by atoms with Gasteiger partial charge in [0, 0.05) is 4.88 Å². The molecule has 1 aliphatic carbocycles. The fourth-order valence-corrected chi connectivity index (χ4v) is 4.85. The van der Waals surface area contributed by atoms with E-state index in [0.717, 1.165) is 35.9 Å². The van der Waals surface area contributed by atoms with Crippen molar-refractivity contribution in [2.45, 2.75) is 63.1 Å². The summed E-state index contributed by atoms with van der Waals surface area (Å²) in [5.41, 5.74) is 1.33. The maximum absolute atomic E-state index is 11.6. The second-order valence-electron chi connectivity index (χ2n) is 6.13. The molecule has 1 unspecified atom stereocenters. The highest BCUT2D eigenvalue weighted by Gasteiger charge is 2.24. The van der Waals surface area contributed by atoms with Crippen LogP contribution in [0, 0.1) is 0 Å². The molecule has 0 saturated carbocycles. The van der Waals surface area contributed by atoms with Gasteiger partial charge in [-0.1, -0.05) is 31.5 Å². The van der Waals surface area contributed by atoms with Crippen molar-refractivity contribution in [3.8, 4) is 0 Å². The third-order valence-corrected chi connectivity index (χ3v) is 6.17. The zero-order chi connectivity index (χ0) is 17.1. The maximum atomic E-state index is 11.6. The van der Waals surface area contributed by atoms with E-state index in [9.17, 15) is 9.90 Å². The SMILES string of the molecule is CCCCC(Nc1nc(SC)nc2sc3c(c12)CCCC3)C(=O)O. The lowest BCUT2D eigenvalue weighted by molar-refractivity contribution is -0.138. The number of anilines is 1. The molecule has 1 aliphatic rings. The zero-order valence-corrected chi connectivity index (χ0v) is 15.7. The van der Waals surface area contributed by atoms with Gasteiger partial charge in [-0.25, -0.2) is 14.8 Å². The van der Waals surface area contributed by atoms with Gasteiger partial charge >= 0.3 is 5.97 Å². The van der Waals surface area contributed by atoms with Crippen molar-refractivity contribution >= 4 is 45.1 Å². The van der Waals surface area contributed by atoms with Crippen molar-refractivity contribution in [1.29, 1.82) is 0 Å². The summed E-state index contributed by atoms with van der Waals surface area (Å²) < 4.78 is 0. The number of rotatable bonds is 7. The standard InChI is InChI=1S/C17H23N3O2S2/c1-3-4-8-11(16(21)22)18-14-13-10-7-5-6-9-12(10)24-15(13)20-17(19-14)23-2/h11H,3-9H2,1-2H3,(H,21,22)(H,18,19,20). The van der Waals surface area contributed by atoms with Gasteiger partial charge in [0.2, 0.25) is 0 Å². The Bertz CT molecular complexity index is 745. The Morgan fingerprint density at radius 1 is 1.38 bits per heavy atom. The van der Waals surface area contributed by atoms with Gasteiger partial charge in [-0.15, -0.1) is 11.3 Å². The van der Waals surface area contributed by atoms with Crippen LogP contribution in [0.2, 0.25) is 0 Å². The van der Waals surface area contributed by atoms with E-state index in [4.69, 9.17) is 0 Å². The Balaban J connectivity index is 2.04. The van der Waals surface area contributed by atoms with Crippen LogP contribution in [0.5, 0.6) is 0 Å². The molecule has 0 saturated heterocycles. The summed E-state index contributed by atoms with van der Waals surface area (Å²) in [6, 6.07) is -0.600. The summed E-state index contributed by atoms with van der Waals surface area (Å²) in [5, 5.41) is 14.5. The predicted octanol–water partition coefficient (Wildman–Crippen LogP) is 4.35. The van der Waals surface area contributed by atoms with Crippen LogP contribution in [0.1, 0.15) is 49.5 Å². The fraction of sp³-hybridized carbons (Fsp3) is 0.588. The number of hydrogen-bond donors (Lipinski definition) is 2. The number of carboxylic acids is 1. The molecule has 2 aromatic heterocycles. The molecule has 24 heavy (non-hydrogen) atoms. The number of carboxylic acid groups (broad SMARTS) is 1. The number of unbranched alkanes of at least 4 members (excludes halogenated alkanes) is 1. The van der Waals surface area contributed by atoms with Crippen molar-refractivity contribution in [1.82, 2.24) is 9.97 Å². The van der Waals surface area contributed by atoms with Crippen molar-refractivity contribution in [2.75, 3.05) is 11.6 Å². The molecule has 2 heterocycles.